The number of rotatable bonds is 5. The minimum absolute atomic E-state index is 0.0674. The van der Waals surface area contributed by atoms with E-state index in [-0.39, 0.29) is 21.5 Å². The molecule has 0 aromatic heterocycles. The lowest BCUT2D eigenvalue weighted by Gasteiger charge is -2.27. The Balaban J connectivity index is 1.52. The molecule has 2 aromatic carbocycles. The van der Waals surface area contributed by atoms with Crippen LogP contribution >= 0.6 is 35.1 Å². The number of Topliss-reactive ketones (excluding diaryl/α,β-unsaturated/α-hetero) is 1. The highest BCUT2D eigenvalue weighted by atomic mass is 35.5. The monoisotopic (exact) mass is 391 g/mol. The second-order valence-corrected chi connectivity index (χ2v) is 9.11. The van der Waals surface area contributed by atoms with Crippen LogP contribution in [0.5, 0.6) is 0 Å². The zero-order chi connectivity index (χ0) is 17.6. The fourth-order valence-corrected chi connectivity index (χ4v) is 5.62. The van der Waals surface area contributed by atoms with Crippen molar-refractivity contribution in [2.24, 2.45) is 0 Å². The van der Waals surface area contributed by atoms with Crippen molar-refractivity contribution >= 4 is 52.5 Å². The third-order valence-electron chi connectivity index (χ3n) is 3.82. The Hall–Kier alpha value is -1.43. The number of nitrogens with one attached hydrogen (secondary N) is 1. The van der Waals surface area contributed by atoms with E-state index in [1.807, 2.05) is 18.2 Å². The summed E-state index contributed by atoms with van der Waals surface area (Å²) in [4.78, 5) is 24.2. The largest absolute Gasteiger partial charge is 0.325 e. The molecule has 0 aliphatic carbocycles. The lowest BCUT2D eigenvalue weighted by atomic mass is 10.1. The molecule has 1 saturated heterocycles. The van der Waals surface area contributed by atoms with Gasteiger partial charge in [-0.25, -0.2) is 0 Å². The van der Waals surface area contributed by atoms with Gasteiger partial charge in [-0.3, -0.25) is 9.59 Å². The van der Waals surface area contributed by atoms with Gasteiger partial charge >= 0.3 is 0 Å². The third-order valence-corrected chi connectivity index (χ3v) is 7.02. The van der Waals surface area contributed by atoms with Crippen molar-refractivity contribution in [2.45, 2.75) is 22.7 Å². The Morgan fingerprint density at radius 3 is 2.56 bits per heavy atom. The molecule has 2 atom stereocenters. The maximum Gasteiger partial charge on any atom is 0.234 e. The van der Waals surface area contributed by atoms with Crippen molar-refractivity contribution in [3.63, 3.8) is 0 Å². The summed E-state index contributed by atoms with van der Waals surface area (Å²) in [5, 5.41) is 3.67. The van der Waals surface area contributed by atoms with Gasteiger partial charge < -0.3 is 5.32 Å². The van der Waals surface area contributed by atoms with Crippen LogP contribution in [-0.2, 0) is 9.59 Å². The normalized spacial score (nSPS) is 20.3. The van der Waals surface area contributed by atoms with Gasteiger partial charge in [0.25, 0.3) is 0 Å². The number of thioether (sulfide) groups is 2. The van der Waals surface area contributed by atoms with Crippen molar-refractivity contribution in [3.05, 3.63) is 65.2 Å². The Labute approximate surface area is 160 Å². The molecule has 3 rings (SSSR count). The second kappa shape index (κ2) is 8.79. The maximum absolute atomic E-state index is 12.1. The van der Waals surface area contributed by atoms with Crippen LogP contribution < -0.4 is 5.32 Å². The zero-order valence-corrected chi connectivity index (χ0v) is 15.9. The smallest absolute Gasteiger partial charge is 0.234 e. The predicted molar refractivity (Wildman–Crippen MR) is 107 cm³/mol. The molecule has 0 saturated carbocycles. The van der Waals surface area contributed by atoms with Crippen molar-refractivity contribution in [1.82, 2.24) is 0 Å². The first-order valence-electron chi connectivity index (χ1n) is 7.99. The average molecular weight is 392 g/mol. The molecule has 3 nitrogen and oxygen atoms in total. The SMILES string of the molecule is O=C1CC(SCC(=O)Nc2ccc(Cl)cc2)SC(c2ccccc2)C1. The van der Waals surface area contributed by atoms with Crippen LogP contribution in [0.4, 0.5) is 5.69 Å². The average Bonchev–Trinajstić information content (AvgIpc) is 2.62. The lowest BCUT2D eigenvalue weighted by molar-refractivity contribution is -0.119. The van der Waals surface area contributed by atoms with E-state index in [1.165, 1.54) is 17.3 Å². The number of benzene rings is 2. The van der Waals surface area contributed by atoms with Crippen LogP contribution in [0, 0.1) is 0 Å². The van der Waals surface area contributed by atoms with Gasteiger partial charge in [0.1, 0.15) is 5.78 Å². The number of carbonyl (C=O) groups excluding carboxylic acids is 2. The molecular weight excluding hydrogens is 374 g/mol. The summed E-state index contributed by atoms with van der Waals surface area (Å²) in [5.41, 5.74) is 1.90. The van der Waals surface area contributed by atoms with Crippen molar-refractivity contribution in [1.29, 1.82) is 0 Å². The lowest BCUT2D eigenvalue weighted by Crippen LogP contribution is -2.21. The summed E-state index contributed by atoms with van der Waals surface area (Å²) < 4.78 is 0.113. The van der Waals surface area contributed by atoms with Gasteiger partial charge in [0.2, 0.25) is 5.91 Å². The van der Waals surface area contributed by atoms with Crippen LogP contribution in [0.3, 0.4) is 0 Å². The first-order chi connectivity index (χ1) is 12.1. The summed E-state index contributed by atoms with van der Waals surface area (Å²) in [7, 11) is 0. The number of carbonyl (C=O) groups is 2. The number of hydrogen-bond donors (Lipinski definition) is 1. The number of ketones is 1. The molecule has 1 fully saturated rings. The van der Waals surface area contributed by atoms with E-state index in [0.717, 1.165) is 5.69 Å². The van der Waals surface area contributed by atoms with Crippen molar-refractivity contribution < 1.29 is 9.59 Å². The summed E-state index contributed by atoms with van der Waals surface area (Å²) in [5.74, 6) is 0.528. The number of halogens is 1. The van der Waals surface area contributed by atoms with Crippen LogP contribution in [0.25, 0.3) is 0 Å². The standard InChI is InChI=1S/C19H18ClNO2S2/c20-14-6-8-15(9-7-14)21-18(23)12-24-19-11-16(22)10-17(25-19)13-4-2-1-3-5-13/h1-9,17,19H,10-12H2,(H,21,23). The van der Waals surface area contributed by atoms with Gasteiger partial charge in [-0.05, 0) is 29.8 Å². The molecule has 1 amide bonds. The molecule has 0 radical (unpaired) electrons. The zero-order valence-electron chi connectivity index (χ0n) is 13.5. The van der Waals surface area contributed by atoms with E-state index in [4.69, 9.17) is 11.6 Å². The van der Waals surface area contributed by atoms with Crippen molar-refractivity contribution in [3.8, 4) is 0 Å². The van der Waals surface area contributed by atoms with Crippen LogP contribution in [0.15, 0.2) is 54.6 Å². The highest BCUT2D eigenvalue weighted by Crippen LogP contribution is 2.45. The third kappa shape index (κ3) is 5.53. The quantitative estimate of drug-likeness (QED) is 0.763. The number of amides is 1. The molecular formula is C19H18ClNO2S2. The molecule has 2 unspecified atom stereocenters. The minimum atomic E-state index is -0.0674. The Morgan fingerprint density at radius 1 is 1.12 bits per heavy atom. The van der Waals surface area contributed by atoms with E-state index in [2.05, 4.69) is 17.4 Å². The molecule has 1 heterocycles. The summed E-state index contributed by atoms with van der Waals surface area (Å²) >= 11 is 9.15. The fraction of sp³-hybridized carbons (Fsp3) is 0.263. The molecule has 0 spiro atoms. The molecule has 2 aromatic rings. The van der Waals surface area contributed by atoms with E-state index in [1.54, 1.807) is 36.0 Å². The summed E-state index contributed by atoms with van der Waals surface area (Å²) in [6, 6.07) is 17.1. The first-order valence-corrected chi connectivity index (χ1v) is 10.4. The molecule has 130 valence electrons. The Kier molecular flexibility index (Phi) is 6.45. The van der Waals surface area contributed by atoms with E-state index >= 15 is 0 Å². The molecule has 0 bridgehead atoms. The van der Waals surface area contributed by atoms with E-state index in [9.17, 15) is 9.59 Å². The molecule has 1 aliphatic heterocycles. The number of hydrogen-bond acceptors (Lipinski definition) is 4. The van der Waals surface area contributed by atoms with E-state index < -0.39 is 0 Å². The highest BCUT2D eigenvalue weighted by molar-refractivity contribution is 8.17. The summed E-state index contributed by atoms with van der Waals surface area (Å²) in [6.45, 7) is 0. The van der Waals surface area contributed by atoms with Gasteiger partial charge in [0.15, 0.2) is 0 Å². The van der Waals surface area contributed by atoms with Gasteiger partial charge in [0.05, 0.1) is 10.3 Å². The second-order valence-electron chi connectivity index (χ2n) is 5.78. The molecule has 1 aliphatic rings. The van der Waals surface area contributed by atoms with Crippen LogP contribution in [-0.4, -0.2) is 22.0 Å². The summed E-state index contributed by atoms with van der Waals surface area (Å²) in [6.07, 6.45) is 1.09. The number of anilines is 1. The maximum atomic E-state index is 12.1. The fourth-order valence-electron chi connectivity index (χ4n) is 2.62. The highest BCUT2D eigenvalue weighted by Gasteiger charge is 2.29. The van der Waals surface area contributed by atoms with Gasteiger partial charge in [0, 0.05) is 28.8 Å². The van der Waals surface area contributed by atoms with Gasteiger partial charge in [-0.1, -0.05) is 41.9 Å². The predicted octanol–water partition coefficient (Wildman–Crippen LogP) is 5.18. The van der Waals surface area contributed by atoms with Crippen LogP contribution in [0.1, 0.15) is 23.7 Å². The topological polar surface area (TPSA) is 46.2 Å². The molecule has 6 heteroatoms. The van der Waals surface area contributed by atoms with Gasteiger partial charge in [-0.15, -0.1) is 23.5 Å². The minimum Gasteiger partial charge on any atom is -0.325 e. The van der Waals surface area contributed by atoms with E-state index in [0.29, 0.717) is 23.6 Å². The Morgan fingerprint density at radius 2 is 1.84 bits per heavy atom. The molecule has 1 N–H and O–H groups in total. The Bertz CT molecular complexity index is 737. The van der Waals surface area contributed by atoms with Gasteiger partial charge in [-0.2, -0.15) is 0 Å². The van der Waals surface area contributed by atoms with Crippen LogP contribution in [0.2, 0.25) is 5.02 Å². The van der Waals surface area contributed by atoms with Crippen molar-refractivity contribution in [2.75, 3.05) is 11.1 Å². The molecule has 25 heavy (non-hydrogen) atoms. The first kappa shape index (κ1) is 18.4.